The van der Waals surface area contributed by atoms with Crippen molar-refractivity contribution in [2.24, 2.45) is 5.10 Å². The molecule has 0 amide bonds. The summed E-state index contributed by atoms with van der Waals surface area (Å²) < 4.78 is 6.98. The number of thiophene rings is 1. The molecule has 4 rings (SSSR count). The third-order valence-corrected chi connectivity index (χ3v) is 5.42. The highest BCUT2D eigenvalue weighted by Crippen LogP contribution is 2.32. The van der Waals surface area contributed by atoms with E-state index in [2.05, 4.69) is 25.5 Å². The number of nitrogens with one attached hydrogen (secondary N) is 1. The van der Waals surface area contributed by atoms with Gasteiger partial charge in [0.1, 0.15) is 23.8 Å². The van der Waals surface area contributed by atoms with Crippen LogP contribution in [-0.4, -0.2) is 65.5 Å². The summed E-state index contributed by atoms with van der Waals surface area (Å²) in [4.78, 5) is 13.7. The van der Waals surface area contributed by atoms with E-state index in [-0.39, 0.29) is 11.8 Å². The van der Waals surface area contributed by atoms with E-state index in [9.17, 15) is 15.3 Å². The van der Waals surface area contributed by atoms with E-state index >= 15 is 0 Å². The lowest BCUT2D eigenvalue weighted by Gasteiger charge is -2.16. The monoisotopic (exact) mass is 405 g/mol. The van der Waals surface area contributed by atoms with Gasteiger partial charge in [0.2, 0.25) is 5.95 Å². The van der Waals surface area contributed by atoms with Crippen LogP contribution in [0.3, 0.4) is 0 Å². The maximum absolute atomic E-state index is 10.3. The van der Waals surface area contributed by atoms with E-state index in [1.165, 1.54) is 10.9 Å². The lowest BCUT2D eigenvalue weighted by Crippen LogP contribution is -2.33. The van der Waals surface area contributed by atoms with Crippen molar-refractivity contribution >= 4 is 40.0 Å². The number of hydrogen-bond acceptors (Lipinski definition) is 11. The minimum absolute atomic E-state index is 0.127. The van der Waals surface area contributed by atoms with E-state index < -0.39 is 31.1 Å². The molecule has 0 aromatic carbocycles. The molecule has 0 radical (unpaired) electrons. The number of nitrogens with two attached hydrogens (primary N) is 1. The lowest BCUT2D eigenvalue weighted by molar-refractivity contribution is -0.0511. The van der Waals surface area contributed by atoms with Gasteiger partial charge in [-0.1, -0.05) is 6.07 Å². The standard InChI is InChI=1S/C16H19N7O4S/c1-7(9-3-2-4-28-9)21-22-16-19-13(17)10-14(20-16)23(6-18-10)15-12(26)11(25)8(5-24)27-15/h2-4,6,8,11-12,15,24-26H,5H2,1H3,(H3,17,19,20,22)/b21-7+/t8-,11-,12-,15-/m1/s1. The van der Waals surface area contributed by atoms with Crippen molar-refractivity contribution in [3.63, 3.8) is 0 Å². The largest absolute Gasteiger partial charge is 0.394 e. The summed E-state index contributed by atoms with van der Waals surface area (Å²) >= 11 is 1.56. The quantitative estimate of drug-likeness (QED) is 0.288. The van der Waals surface area contributed by atoms with Crippen LogP contribution >= 0.6 is 11.3 Å². The van der Waals surface area contributed by atoms with Crippen LogP contribution in [0, 0.1) is 0 Å². The number of ether oxygens (including phenoxy) is 1. The number of aliphatic hydroxyl groups is 3. The number of hydrogen-bond donors (Lipinski definition) is 5. The first-order chi connectivity index (χ1) is 13.5. The predicted octanol–water partition coefficient (Wildman–Crippen LogP) is -0.0824. The number of aromatic nitrogens is 4. The fourth-order valence-electron chi connectivity index (χ4n) is 2.96. The van der Waals surface area contributed by atoms with Gasteiger partial charge in [-0.25, -0.2) is 10.4 Å². The van der Waals surface area contributed by atoms with Crippen molar-refractivity contribution in [3.05, 3.63) is 28.7 Å². The Morgan fingerprint density at radius 3 is 2.89 bits per heavy atom. The Morgan fingerprint density at radius 1 is 1.39 bits per heavy atom. The molecule has 1 aliphatic heterocycles. The maximum Gasteiger partial charge on any atom is 0.247 e. The van der Waals surface area contributed by atoms with Gasteiger partial charge in [-0.3, -0.25) is 4.57 Å². The first kappa shape index (κ1) is 18.7. The molecule has 4 atom stereocenters. The van der Waals surface area contributed by atoms with Gasteiger partial charge >= 0.3 is 0 Å². The Labute approximate surface area is 163 Å². The molecule has 0 saturated carbocycles. The molecule has 1 aliphatic rings. The number of nitrogens with zero attached hydrogens (tertiary/aromatic N) is 5. The highest BCUT2D eigenvalue weighted by Gasteiger charge is 2.44. The van der Waals surface area contributed by atoms with Crippen LogP contribution in [0.2, 0.25) is 0 Å². The van der Waals surface area contributed by atoms with Gasteiger partial charge < -0.3 is 25.8 Å². The van der Waals surface area contributed by atoms with Crippen molar-refractivity contribution in [1.29, 1.82) is 0 Å². The van der Waals surface area contributed by atoms with Crippen LogP contribution < -0.4 is 11.2 Å². The summed E-state index contributed by atoms with van der Waals surface area (Å²) in [6.07, 6.45) is -2.99. The molecule has 1 fully saturated rings. The molecule has 3 aromatic heterocycles. The number of fused-ring (bicyclic) bond motifs is 1. The van der Waals surface area contributed by atoms with Crippen LogP contribution in [0.5, 0.6) is 0 Å². The average molecular weight is 405 g/mol. The number of imidazole rings is 1. The number of anilines is 2. The lowest BCUT2D eigenvalue weighted by atomic mass is 10.1. The SMILES string of the molecule is C/C(=N\Nc1nc(N)c2ncn([C@@H]3O[C@H](CO)[C@@H](O)[C@H]3O)c2n1)c1cccs1. The number of hydrazone groups is 1. The second kappa shape index (κ2) is 7.41. The number of aliphatic hydroxyl groups excluding tert-OH is 3. The smallest absolute Gasteiger partial charge is 0.247 e. The molecule has 0 aliphatic carbocycles. The predicted molar refractivity (Wildman–Crippen MR) is 103 cm³/mol. The molecule has 0 bridgehead atoms. The van der Waals surface area contributed by atoms with Crippen LogP contribution in [-0.2, 0) is 4.74 Å². The van der Waals surface area contributed by atoms with Crippen molar-refractivity contribution in [3.8, 4) is 0 Å². The molecular formula is C16H19N7O4S. The molecule has 0 unspecified atom stereocenters. The normalized spacial score (nSPS) is 25.5. The van der Waals surface area contributed by atoms with Gasteiger partial charge in [-0.2, -0.15) is 15.1 Å². The van der Waals surface area contributed by atoms with Crippen molar-refractivity contribution < 1.29 is 20.1 Å². The molecule has 12 heteroatoms. The van der Waals surface area contributed by atoms with Crippen LogP contribution in [0.15, 0.2) is 28.9 Å². The van der Waals surface area contributed by atoms with Crippen LogP contribution in [0.4, 0.5) is 11.8 Å². The third kappa shape index (κ3) is 3.21. The van der Waals surface area contributed by atoms with Gasteiger partial charge in [-0.15, -0.1) is 11.3 Å². The van der Waals surface area contributed by atoms with E-state index in [1.807, 2.05) is 24.4 Å². The topological polar surface area (TPSA) is 164 Å². The Morgan fingerprint density at radius 2 is 2.21 bits per heavy atom. The Kier molecular flexibility index (Phi) is 4.95. The van der Waals surface area contributed by atoms with Gasteiger partial charge in [0.25, 0.3) is 0 Å². The summed E-state index contributed by atoms with van der Waals surface area (Å²) in [5.41, 5.74) is 10.1. The average Bonchev–Trinajstić information content (AvgIpc) is 3.41. The van der Waals surface area contributed by atoms with Gasteiger partial charge in [0.05, 0.1) is 18.6 Å². The van der Waals surface area contributed by atoms with Crippen molar-refractivity contribution in [2.45, 2.75) is 31.5 Å². The van der Waals surface area contributed by atoms with E-state index in [0.29, 0.717) is 11.2 Å². The zero-order chi connectivity index (χ0) is 19.8. The van der Waals surface area contributed by atoms with Crippen LogP contribution in [0.1, 0.15) is 18.0 Å². The molecule has 11 nitrogen and oxygen atoms in total. The highest BCUT2D eigenvalue weighted by molar-refractivity contribution is 7.12. The summed E-state index contributed by atoms with van der Waals surface area (Å²) in [7, 11) is 0. The minimum atomic E-state index is -1.26. The molecule has 6 N–H and O–H groups in total. The zero-order valence-corrected chi connectivity index (χ0v) is 15.6. The molecule has 1 saturated heterocycles. The fraction of sp³-hybridized carbons (Fsp3) is 0.375. The van der Waals surface area contributed by atoms with E-state index in [1.54, 1.807) is 11.3 Å². The molecule has 148 valence electrons. The second-order valence-corrected chi connectivity index (χ2v) is 7.22. The summed E-state index contributed by atoms with van der Waals surface area (Å²) in [6, 6.07) is 3.87. The molecule has 28 heavy (non-hydrogen) atoms. The van der Waals surface area contributed by atoms with Crippen molar-refractivity contribution in [1.82, 2.24) is 19.5 Å². The minimum Gasteiger partial charge on any atom is -0.394 e. The van der Waals surface area contributed by atoms with Crippen molar-refractivity contribution in [2.75, 3.05) is 17.8 Å². The van der Waals surface area contributed by atoms with E-state index in [4.69, 9.17) is 10.5 Å². The van der Waals surface area contributed by atoms with Gasteiger partial charge in [0, 0.05) is 4.88 Å². The molecule has 3 aromatic rings. The molecule has 4 heterocycles. The summed E-state index contributed by atoms with van der Waals surface area (Å²) in [6.45, 7) is 1.42. The Bertz CT molecular complexity index is 1010. The first-order valence-corrected chi connectivity index (χ1v) is 9.34. The Hall–Kier alpha value is -2.64. The molecular weight excluding hydrogens is 386 g/mol. The zero-order valence-electron chi connectivity index (χ0n) is 14.8. The summed E-state index contributed by atoms with van der Waals surface area (Å²) in [5.74, 6) is 0.274. The summed E-state index contributed by atoms with van der Waals surface area (Å²) in [5, 5.41) is 35.7. The fourth-order valence-corrected chi connectivity index (χ4v) is 3.63. The van der Waals surface area contributed by atoms with E-state index in [0.717, 1.165) is 10.6 Å². The Balaban J connectivity index is 1.66. The number of rotatable bonds is 5. The third-order valence-electron chi connectivity index (χ3n) is 4.44. The maximum atomic E-state index is 10.3. The van der Waals surface area contributed by atoms with Gasteiger partial charge in [0.15, 0.2) is 17.7 Å². The second-order valence-electron chi connectivity index (χ2n) is 6.27. The highest BCUT2D eigenvalue weighted by atomic mass is 32.1. The van der Waals surface area contributed by atoms with Crippen LogP contribution in [0.25, 0.3) is 11.2 Å². The molecule has 0 spiro atoms. The first-order valence-electron chi connectivity index (χ1n) is 8.46. The van der Waals surface area contributed by atoms with Gasteiger partial charge in [-0.05, 0) is 18.4 Å². The number of nitrogen functional groups attached to an aromatic ring is 1.